The minimum atomic E-state index is -4.10. The maximum Gasteiger partial charge on any atom is 0.265 e. The van der Waals surface area contributed by atoms with Crippen molar-refractivity contribution in [3.63, 3.8) is 0 Å². The fourth-order valence-corrected chi connectivity index (χ4v) is 4.06. The van der Waals surface area contributed by atoms with Crippen molar-refractivity contribution >= 4 is 15.7 Å². The fourth-order valence-electron chi connectivity index (χ4n) is 2.62. The molecule has 0 radical (unpaired) electrons. The summed E-state index contributed by atoms with van der Waals surface area (Å²) in [6, 6.07) is 8.10. The number of benzene rings is 2. The molecular weight excluding hydrogens is 367 g/mol. The van der Waals surface area contributed by atoms with E-state index in [1.807, 2.05) is 0 Å². The topological polar surface area (TPSA) is 64.0 Å². The van der Waals surface area contributed by atoms with E-state index in [0.29, 0.717) is 11.4 Å². The average molecular weight is 381 g/mol. The summed E-state index contributed by atoms with van der Waals surface area (Å²) < 4.78 is 68.4. The van der Waals surface area contributed by atoms with Crippen LogP contribution in [0.4, 0.5) is 18.9 Å². The standard InChI is InChI=1S/C17H14F3N3O2S/c1-10-17(11(2)23(21-10)14-6-3-12(18)4-7-14)26(24,25)22-13-5-8-15(19)16(20)9-13/h3-9,22H,1-2H3. The molecule has 0 unspecified atom stereocenters. The minimum Gasteiger partial charge on any atom is -0.279 e. The van der Waals surface area contributed by atoms with Crippen molar-refractivity contribution in [2.75, 3.05) is 4.72 Å². The number of hydrogen-bond acceptors (Lipinski definition) is 3. The van der Waals surface area contributed by atoms with Crippen LogP contribution < -0.4 is 4.72 Å². The first-order valence-corrected chi connectivity index (χ1v) is 8.97. The molecule has 3 rings (SSSR count). The zero-order chi connectivity index (χ0) is 19.1. The van der Waals surface area contributed by atoms with Crippen molar-refractivity contribution < 1.29 is 21.6 Å². The van der Waals surface area contributed by atoms with Gasteiger partial charge in [-0.2, -0.15) is 5.10 Å². The maximum atomic E-state index is 13.3. The molecule has 1 heterocycles. The number of aromatic nitrogens is 2. The van der Waals surface area contributed by atoms with Crippen LogP contribution in [0, 0.1) is 31.3 Å². The Morgan fingerprint density at radius 3 is 2.23 bits per heavy atom. The van der Waals surface area contributed by atoms with Crippen LogP contribution >= 0.6 is 0 Å². The molecule has 2 aromatic carbocycles. The van der Waals surface area contributed by atoms with Gasteiger partial charge in [-0.25, -0.2) is 26.3 Å². The van der Waals surface area contributed by atoms with Gasteiger partial charge in [-0.1, -0.05) is 0 Å². The van der Waals surface area contributed by atoms with Crippen LogP contribution in [-0.4, -0.2) is 18.2 Å². The van der Waals surface area contributed by atoms with Gasteiger partial charge >= 0.3 is 0 Å². The van der Waals surface area contributed by atoms with E-state index in [0.717, 1.165) is 18.2 Å². The summed E-state index contributed by atoms with van der Waals surface area (Å²) in [6.07, 6.45) is 0. The summed E-state index contributed by atoms with van der Waals surface area (Å²) in [5.74, 6) is -2.67. The number of rotatable bonds is 4. The van der Waals surface area contributed by atoms with Gasteiger partial charge in [0.2, 0.25) is 0 Å². The van der Waals surface area contributed by atoms with Crippen LogP contribution in [0.15, 0.2) is 47.4 Å². The van der Waals surface area contributed by atoms with Crippen LogP contribution in [0.25, 0.3) is 5.69 Å². The third-order valence-corrected chi connectivity index (χ3v) is 5.37. The third kappa shape index (κ3) is 3.30. The molecule has 0 saturated carbocycles. The highest BCUT2D eigenvalue weighted by Crippen LogP contribution is 2.25. The smallest absolute Gasteiger partial charge is 0.265 e. The number of hydrogen-bond donors (Lipinski definition) is 1. The molecule has 0 atom stereocenters. The Morgan fingerprint density at radius 2 is 1.62 bits per heavy atom. The number of nitrogens with one attached hydrogen (secondary N) is 1. The highest BCUT2D eigenvalue weighted by atomic mass is 32.2. The lowest BCUT2D eigenvalue weighted by Gasteiger charge is -2.09. The summed E-state index contributed by atoms with van der Waals surface area (Å²) in [5, 5.41) is 4.19. The predicted molar refractivity (Wildman–Crippen MR) is 90.2 cm³/mol. The molecule has 3 aromatic rings. The first-order valence-electron chi connectivity index (χ1n) is 7.49. The van der Waals surface area contributed by atoms with Gasteiger partial charge in [0.05, 0.1) is 22.8 Å². The SMILES string of the molecule is Cc1nn(-c2ccc(F)cc2)c(C)c1S(=O)(=O)Nc1ccc(F)c(F)c1. The van der Waals surface area contributed by atoms with Crippen molar-refractivity contribution in [1.82, 2.24) is 9.78 Å². The van der Waals surface area contributed by atoms with E-state index in [1.165, 1.54) is 35.9 Å². The first-order chi connectivity index (χ1) is 12.2. The Kier molecular flexibility index (Phi) is 4.49. The lowest BCUT2D eigenvalue weighted by atomic mass is 10.3. The summed E-state index contributed by atoms with van der Waals surface area (Å²) in [4.78, 5) is -0.0911. The molecular formula is C17H14F3N3O2S. The number of anilines is 1. The largest absolute Gasteiger partial charge is 0.279 e. The van der Waals surface area contributed by atoms with Gasteiger partial charge in [0.25, 0.3) is 10.0 Å². The van der Waals surface area contributed by atoms with Crippen molar-refractivity contribution in [2.45, 2.75) is 18.7 Å². The molecule has 136 valence electrons. The molecule has 0 saturated heterocycles. The van der Waals surface area contributed by atoms with Crippen LogP contribution in [0.1, 0.15) is 11.4 Å². The quantitative estimate of drug-likeness (QED) is 0.749. The maximum absolute atomic E-state index is 13.3. The van der Waals surface area contributed by atoms with E-state index in [-0.39, 0.29) is 16.3 Å². The molecule has 5 nitrogen and oxygen atoms in total. The number of aryl methyl sites for hydroxylation is 1. The number of nitrogens with zero attached hydrogens (tertiary/aromatic N) is 2. The van der Waals surface area contributed by atoms with Gasteiger partial charge in [-0.3, -0.25) is 4.72 Å². The third-order valence-electron chi connectivity index (χ3n) is 3.74. The molecule has 0 amide bonds. The van der Waals surface area contributed by atoms with Crippen LogP contribution in [0.5, 0.6) is 0 Å². The normalized spacial score (nSPS) is 11.6. The van der Waals surface area contributed by atoms with Gasteiger partial charge in [0.1, 0.15) is 10.7 Å². The van der Waals surface area contributed by atoms with Crippen LogP contribution in [0.3, 0.4) is 0 Å². The molecule has 0 bridgehead atoms. The monoisotopic (exact) mass is 381 g/mol. The zero-order valence-electron chi connectivity index (χ0n) is 13.8. The highest BCUT2D eigenvalue weighted by molar-refractivity contribution is 7.92. The Balaban J connectivity index is 2.02. The van der Waals surface area contributed by atoms with Crippen LogP contribution in [-0.2, 0) is 10.0 Å². The Morgan fingerprint density at radius 1 is 0.962 bits per heavy atom. The summed E-state index contributed by atoms with van der Waals surface area (Å²) in [5.41, 5.74) is 0.879. The molecule has 26 heavy (non-hydrogen) atoms. The van der Waals surface area contributed by atoms with Gasteiger partial charge < -0.3 is 0 Å². The molecule has 0 spiro atoms. The Labute approximate surface area is 148 Å². The average Bonchev–Trinajstić information content (AvgIpc) is 2.87. The molecule has 9 heteroatoms. The lowest BCUT2D eigenvalue weighted by Crippen LogP contribution is -2.15. The summed E-state index contributed by atoms with van der Waals surface area (Å²) in [7, 11) is -4.10. The summed E-state index contributed by atoms with van der Waals surface area (Å²) in [6.45, 7) is 3.05. The molecule has 0 aliphatic rings. The van der Waals surface area contributed by atoms with E-state index < -0.39 is 27.5 Å². The van der Waals surface area contributed by atoms with Crippen molar-refractivity contribution in [1.29, 1.82) is 0 Å². The van der Waals surface area contributed by atoms with Gasteiger partial charge in [-0.15, -0.1) is 0 Å². The van der Waals surface area contributed by atoms with Crippen molar-refractivity contribution in [3.05, 3.63) is 71.3 Å². The fraction of sp³-hybridized carbons (Fsp3) is 0.118. The summed E-state index contributed by atoms with van der Waals surface area (Å²) >= 11 is 0. The van der Waals surface area contributed by atoms with E-state index in [1.54, 1.807) is 6.92 Å². The van der Waals surface area contributed by atoms with Gasteiger partial charge in [0, 0.05) is 6.07 Å². The second-order valence-corrected chi connectivity index (χ2v) is 7.24. The molecule has 0 aliphatic heterocycles. The lowest BCUT2D eigenvalue weighted by molar-refractivity contribution is 0.509. The zero-order valence-corrected chi connectivity index (χ0v) is 14.6. The van der Waals surface area contributed by atoms with Crippen molar-refractivity contribution in [2.24, 2.45) is 0 Å². The number of halogens is 3. The molecule has 1 aromatic heterocycles. The minimum absolute atomic E-state index is 0.0911. The number of sulfonamides is 1. The Hall–Kier alpha value is -2.81. The molecule has 1 N–H and O–H groups in total. The second-order valence-electron chi connectivity index (χ2n) is 5.62. The van der Waals surface area contributed by atoms with E-state index in [9.17, 15) is 21.6 Å². The Bertz CT molecular complexity index is 1080. The second kappa shape index (κ2) is 6.49. The van der Waals surface area contributed by atoms with E-state index in [4.69, 9.17) is 0 Å². The van der Waals surface area contributed by atoms with Gasteiger partial charge in [0.15, 0.2) is 11.6 Å². The predicted octanol–water partition coefficient (Wildman–Crippen LogP) is 3.71. The van der Waals surface area contributed by atoms with Crippen molar-refractivity contribution in [3.8, 4) is 5.69 Å². The molecule has 0 aliphatic carbocycles. The van der Waals surface area contributed by atoms with Gasteiger partial charge in [-0.05, 0) is 50.2 Å². The molecule has 0 fully saturated rings. The first kappa shape index (κ1) is 18.0. The van der Waals surface area contributed by atoms with E-state index >= 15 is 0 Å². The van der Waals surface area contributed by atoms with E-state index in [2.05, 4.69) is 9.82 Å². The highest BCUT2D eigenvalue weighted by Gasteiger charge is 2.25. The van der Waals surface area contributed by atoms with Crippen LogP contribution in [0.2, 0.25) is 0 Å².